The van der Waals surface area contributed by atoms with Crippen LogP contribution >= 0.6 is 0 Å². The molecule has 3 rings (SSSR count). The number of benzene rings is 1. The highest BCUT2D eigenvalue weighted by Gasteiger charge is 2.31. The molecule has 2 heterocycles. The fourth-order valence-electron chi connectivity index (χ4n) is 2.87. The number of nitrogens with zero attached hydrogens (tertiary/aromatic N) is 3. The van der Waals surface area contributed by atoms with Crippen molar-refractivity contribution in [3.8, 4) is 0 Å². The molecule has 1 fully saturated rings. The second-order valence-electron chi connectivity index (χ2n) is 5.81. The van der Waals surface area contributed by atoms with E-state index >= 15 is 0 Å². The van der Waals surface area contributed by atoms with Gasteiger partial charge in [0, 0.05) is 39.6 Å². The summed E-state index contributed by atoms with van der Waals surface area (Å²) in [7, 11) is 1.96. The van der Waals surface area contributed by atoms with Gasteiger partial charge in [-0.05, 0) is 19.1 Å². The molecule has 0 amide bonds. The summed E-state index contributed by atoms with van der Waals surface area (Å²) in [6.07, 6.45) is 1.33. The van der Waals surface area contributed by atoms with Crippen LogP contribution in [0.5, 0.6) is 0 Å². The molecule has 112 valence electrons. The second-order valence-corrected chi connectivity index (χ2v) is 5.81. The summed E-state index contributed by atoms with van der Waals surface area (Å²) in [5.74, 6) is 0.827. The third-order valence-corrected chi connectivity index (χ3v) is 4.04. The molecule has 21 heavy (non-hydrogen) atoms. The Bertz CT molecular complexity index is 638. The largest absolute Gasteiger partial charge is 0.388 e. The van der Waals surface area contributed by atoms with E-state index in [0.29, 0.717) is 32.6 Å². The van der Waals surface area contributed by atoms with E-state index in [0.717, 1.165) is 22.5 Å². The maximum Gasteiger partial charge on any atom is 0.150 e. The van der Waals surface area contributed by atoms with E-state index in [1.807, 2.05) is 43.1 Å². The van der Waals surface area contributed by atoms with Gasteiger partial charge in [-0.2, -0.15) is 0 Å². The zero-order valence-electron chi connectivity index (χ0n) is 12.5. The number of aliphatic hydroxyl groups is 1. The normalized spacial score (nSPS) is 17.9. The molecule has 0 aliphatic carbocycles. The summed E-state index contributed by atoms with van der Waals surface area (Å²) in [6, 6.07) is 7.85. The van der Waals surface area contributed by atoms with Crippen LogP contribution in [0.3, 0.4) is 0 Å². The third kappa shape index (κ3) is 2.99. The number of hydrogen-bond donors (Lipinski definition) is 1. The minimum Gasteiger partial charge on any atom is -0.388 e. The maximum atomic E-state index is 10.6. The minimum absolute atomic E-state index is 0.546. The first-order chi connectivity index (χ1) is 10.1. The van der Waals surface area contributed by atoms with Gasteiger partial charge in [-0.15, -0.1) is 0 Å². The van der Waals surface area contributed by atoms with Crippen LogP contribution < -0.4 is 4.90 Å². The topological polar surface area (TPSA) is 58.5 Å². The molecule has 0 unspecified atom stereocenters. The van der Waals surface area contributed by atoms with Gasteiger partial charge in [0.25, 0.3) is 0 Å². The zero-order chi connectivity index (χ0) is 14.9. The van der Waals surface area contributed by atoms with Crippen LogP contribution in [0.4, 0.5) is 5.82 Å². The number of anilines is 1. The molecule has 1 aliphatic rings. The predicted octanol–water partition coefficient (Wildman–Crippen LogP) is 1.92. The van der Waals surface area contributed by atoms with Gasteiger partial charge in [0.05, 0.1) is 22.3 Å². The van der Waals surface area contributed by atoms with Gasteiger partial charge in [0.1, 0.15) is 0 Å². The Balaban J connectivity index is 1.86. The molecule has 0 atom stereocenters. The molecule has 0 radical (unpaired) electrons. The van der Waals surface area contributed by atoms with Crippen molar-refractivity contribution in [2.75, 3.05) is 31.7 Å². The van der Waals surface area contributed by atoms with Crippen molar-refractivity contribution in [1.29, 1.82) is 0 Å². The standard InChI is InChI=1S/C16H21N3O2/c1-12-15(18-14-6-4-3-5-13(14)17-12)19(2)11-16(20)7-9-21-10-8-16/h3-6,20H,7-11H2,1-2H3. The maximum absolute atomic E-state index is 10.6. The summed E-state index contributed by atoms with van der Waals surface area (Å²) in [4.78, 5) is 11.3. The summed E-state index contributed by atoms with van der Waals surface area (Å²) < 4.78 is 5.33. The summed E-state index contributed by atoms with van der Waals surface area (Å²) in [6.45, 7) is 3.74. The molecule has 2 aromatic rings. The molecule has 5 nitrogen and oxygen atoms in total. The lowest BCUT2D eigenvalue weighted by atomic mass is 9.94. The number of para-hydroxylation sites is 2. The van der Waals surface area contributed by atoms with Crippen molar-refractivity contribution in [3.05, 3.63) is 30.0 Å². The van der Waals surface area contributed by atoms with Gasteiger partial charge < -0.3 is 14.7 Å². The van der Waals surface area contributed by atoms with Gasteiger partial charge in [-0.1, -0.05) is 12.1 Å². The van der Waals surface area contributed by atoms with E-state index in [1.54, 1.807) is 0 Å². The molecule has 1 aromatic carbocycles. The summed E-state index contributed by atoms with van der Waals surface area (Å²) >= 11 is 0. The van der Waals surface area contributed by atoms with E-state index in [2.05, 4.69) is 4.98 Å². The number of ether oxygens (including phenoxy) is 1. The van der Waals surface area contributed by atoms with Crippen molar-refractivity contribution < 1.29 is 9.84 Å². The molecule has 1 saturated heterocycles. The Hall–Kier alpha value is -1.72. The van der Waals surface area contributed by atoms with E-state index < -0.39 is 5.60 Å². The molecule has 0 bridgehead atoms. The number of hydrogen-bond acceptors (Lipinski definition) is 5. The molecule has 1 N–H and O–H groups in total. The van der Waals surface area contributed by atoms with Crippen LogP contribution in [0.15, 0.2) is 24.3 Å². The van der Waals surface area contributed by atoms with E-state index in [-0.39, 0.29) is 0 Å². The van der Waals surface area contributed by atoms with Crippen LogP contribution in [-0.2, 0) is 4.74 Å². The molecular weight excluding hydrogens is 266 g/mol. The van der Waals surface area contributed by atoms with Gasteiger partial charge in [0.2, 0.25) is 0 Å². The van der Waals surface area contributed by atoms with Crippen molar-refractivity contribution in [1.82, 2.24) is 9.97 Å². The van der Waals surface area contributed by atoms with Crippen LogP contribution in [-0.4, -0.2) is 47.5 Å². The van der Waals surface area contributed by atoms with Crippen molar-refractivity contribution in [3.63, 3.8) is 0 Å². The molecule has 0 spiro atoms. The molecule has 1 aliphatic heterocycles. The first-order valence-corrected chi connectivity index (χ1v) is 7.32. The quantitative estimate of drug-likeness (QED) is 0.934. The van der Waals surface area contributed by atoms with Crippen molar-refractivity contribution in [2.24, 2.45) is 0 Å². The average Bonchev–Trinajstić information content (AvgIpc) is 2.46. The second kappa shape index (κ2) is 5.58. The van der Waals surface area contributed by atoms with Crippen LogP contribution in [0, 0.1) is 6.92 Å². The van der Waals surface area contributed by atoms with Crippen LogP contribution in [0.2, 0.25) is 0 Å². The molecule has 0 saturated carbocycles. The lowest BCUT2D eigenvalue weighted by Gasteiger charge is -2.36. The van der Waals surface area contributed by atoms with E-state index in [1.165, 1.54) is 0 Å². The Morgan fingerprint density at radius 1 is 1.19 bits per heavy atom. The SMILES string of the molecule is Cc1nc2ccccc2nc1N(C)CC1(O)CCOCC1. The van der Waals surface area contributed by atoms with Gasteiger partial charge in [-0.3, -0.25) is 0 Å². The summed E-state index contributed by atoms with van der Waals surface area (Å²) in [5, 5.41) is 10.6. The molecule has 1 aromatic heterocycles. The van der Waals surface area contributed by atoms with Gasteiger partial charge in [-0.25, -0.2) is 9.97 Å². The monoisotopic (exact) mass is 287 g/mol. The Kier molecular flexibility index (Phi) is 3.78. The highest BCUT2D eigenvalue weighted by molar-refractivity contribution is 5.76. The fraction of sp³-hybridized carbons (Fsp3) is 0.500. The number of fused-ring (bicyclic) bond motifs is 1. The number of rotatable bonds is 3. The van der Waals surface area contributed by atoms with Crippen LogP contribution in [0.25, 0.3) is 11.0 Å². The number of likely N-dealkylation sites (N-methyl/N-ethyl adjacent to an activating group) is 1. The van der Waals surface area contributed by atoms with E-state index in [9.17, 15) is 5.11 Å². The fourth-order valence-corrected chi connectivity index (χ4v) is 2.87. The minimum atomic E-state index is -0.702. The van der Waals surface area contributed by atoms with Gasteiger partial charge in [0.15, 0.2) is 5.82 Å². The number of aromatic nitrogens is 2. The Morgan fingerprint density at radius 3 is 2.48 bits per heavy atom. The lowest BCUT2D eigenvalue weighted by Crippen LogP contribution is -2.46. The Labute approximate surface area is 124 Å². The van der Waals surface area contributed by atoms with Crippen LogP contribution in [0.1, 0.15) is 18.5 Å². The van der Waals surface area contributed by atoms with E-state index in [4.69, 9.17) is 9.72 Å². The van der Waals surface area contributed by atoms with Crippen molar-refractivity contribution in [2.45, 2.75) is 25.4 Å². The summed E-state index contributed by atoms with van der Waals surface area (Å²) in [5.41, 5.74) is 1.96. The first kappa shape index (κ1) is 14.2. The number of aryl methyl sites for hydroxylation is 1. The molecule has 5 heteroatoms. The highest BCUT2D eigenvalue weighted by atomic mass is 16.5. The first-order valence-electron chi connectivity index (χ1n) is 7.32. The Morgan fingerprint density at radius 2 is 1.81 bits per heavy atom. The third-order valence-electron chi connectivity index (χ3n) is 4.04. The van der Waals surface area contributed by atoms with Gasteiger partial charge >= 0.3 is 0 Å². The zero-order valence-corrected chi connectivity index (χ0v) is 12.5. The highest BCUT2D eigenvalue weighted by Crippen LogP contribution is 2.25. The molecular formula is C16H21N3O2. The predicted molar refractivity (Wildman–Crippen MR) is 82.5 cm³/mol. The smallest absolute Gasteiger partial charge is 0.150 e. The van der Waals surface area contributed by atoms with Crippen molar-refractivity contribution >= 4 is 16.9 Å². The average molecular weight is 287 g/mol. The lowest BCUT2D eigenvalue weighted by molar-refractivity contribution is -0.0573.